The number of nitrogens with one attached hydrogen (secondary N) is 4. The largest absolute Gasteiger partial charge is 0.324 e. The van der Waals surface area contributed by atoms with Crippen molar-refractivity contribution in [3.63, 3.8) is 0 Å². The van der Waals surface area contributed by atoms with Crippen molar-refractivity contribution in [2.75, 3.05) is 22.9 Å². The lowest BCUT2D eigenvalue weighted by Crippen LogP contribution is -2.33. The second kappa shape index (κ2) is 7.26. The Hall–Kier alpha value is -2.89. The Bertz CT molecular complexity index is 1160. The predicted octanol–water partition coefficient (Wildman–Crippen LogP) is 1.52. The van der Waals surface area contributed by atoms with Crippen molar-refractivity contribution in [1.29, 1.82) is 0 Å². The van der Waals surface area contributed by atoms with Crippen molar-refractivity contribution in [1.82, 2.24) is 14.7 Å². The molecule has 0 aliphatic carbocycles. The van der Waals surface area contributed by atoms with Crippen LogP contribution in [0.25, 0.3) is 11.0 Å². The molecule has 2 aromatic carbocycles. The molecule has 1 aliphatic heterocycles. The molecule has 0 saturated carbocycles. The van der Waals surface area contributed by atoms with Gasteiger partial charge in [0.15, 0.2) is 0 Å². The zero-order valence-electron chi connectivity index (χ0n) is 14.4. The summed E-state index contributed by atoms with van der Waals surface area (Å²) in [5.74, 6) is -0.229. The summed E-state index contributed by atoms with van der Waals surface area (Å²) in [6.07, 6.45) is 0. The number of carbonyl (C=O) groups excluding carboxylic acids is 2. The van der Waals surface area contributed by atoms with Gasteiger partial charge in [0.2, 0.25) is 27.8 Å². The van der Waals surface area contributed by atoms with E-state index in [1.54, 1.807) is 12.1 Å². The zero-order chi connectivity index (χ0) is 19.7. The monoisotopic (exact) mass is 417 g/mol. The molecule has 2 amide bonds. The maximum absolute atomic E-state index is 12.5. The van der Waals surface area contributed by atoms with Crippen LogP contribution in [-0.2, 0) is 19.6 Å². The molecular formula is C17H15N5O4S2. The lowest BCUT2D eigenvalue weighted by molar-refractivity contribution is -0.115. The van der Waals surface area contributed by atoms with Crippen molar-refractivity contribution < 1.29 is 18.0 Å². The number of anilines is 2. The summed E-state index contributed by atoms with van der Waals surface area (Å²) in [5, 5.41) is 5.16. The Morgan fingerprint density at radius 2 is 2.04 bits per heavy atom. The smallest absolute Gasteiger partial charge is 0.241 e. The molecule has 2 heterocycles. The number of nitrogens with zero attached hydrogens (tertiary/aromatic N) is 1. The van der Waals surface area contributed by atoms with Crippen LogP contribution in [0, 0.1) is 0 Å². The Labute approximate surface area is 164 Å². The van der Waals surface area contributed by atoms with Crippen LogP contribution in [0.1, 0.15) is 0 Å². The number of rotatable bonds is 5. The van der Waals surface area contributed by atoms with Crippen molar-refractivity contribution in [2.24, 2.45) is 0 Å². The number of amides is 2. The fraction of sp³-hybridized carbons (Fsp3) is 0.118. The maximum atomic E-state index is 12.5. The van der Waals surface area contributed by atoms with Crippen LogP contribution >= 0.6 is 11.8 Å². The minimum absolute atomic E-state index is 0.0365. The number of benzene rings is 2. The predicted molar refractivity (Wildman–Crippen MR) is 106 cm³/mol. The number of fused-ring (bicyclic) bond motifs is 2. The van der Waals surface area contributed by atoms with Crippen molar-refractivity contribution in [3.8, 4) is 0 Å². The van der Waals surface area contributed by atoms with Gasteiger partial charge in [0.1, 0.15) is 0 Å². The van der Waals surface area contributed by atoms with Crippen molar-refractivity contribution in [3.05, 3.63) is 42.5 Å². The molecule has 3 aromatic rings. The molecule has 0 atom stereocenters. The SMILES string of the molecule is O=C(CNS(=O)(=O)c1ccc2c(c1)NC(=O)CS2)Nc1nc2ccccc2[nH]1. The zero-order valence-corrected chi connectivity index (χ0v) is 16.0. The minimum atomic E-state index is -3.93. The molecule has 0 bridgehead atoms. The summed E-state index contributed by atoms with van der Waals surface area (Å²) < 4.78 is 27.2. The van der Waals surface area contributed by atoms with Gasteiger partial charge >= 0.3 is 0 Å². The second-order valence-electron chi connectivity index (χ2n) is 5.97. The lowest BCUT2D eigenvalue weighted by atomic mass is 10.3. The highest BCUT2D eigenvalue weighted by Gasteiger charge is 2.21. The Morgan fingerprint density at radius 3 is 2.86 bits per heavy atom. The van der Waals surface area contributed by atoms with Crippen LogP contribution in [0.5, 0.6) is 0 Å². The van der Waals surface area contributed by atoms with Crippen LogP contribution in [0.2, 0.25) is 0 Å². The standard InChI is InChI=1S/C17H15N5O4S2/c23-15(22-17-20-11-3-1-2-4-12(11)21-17)8-18-28(25,26)10-5-6-14-13(7-10)19-16(24)9-27-14/h1-7,18H,8-9H2,(H,19,24)(H2,20,21,22,23). The van der Waals surface area contributed by atoms with E-state index in [9.17, 15) is 18.0 Å². The molecule has 9 nitrogen and oxygen atoms in total. The molecule has 0 unspecified atom stereocenters. The van der Waals surface area contributed by atoms with Crippen molar-refractivity contribution >= 4 is 56.3 Å². The average molecular weight is 417 g/mol. The van der Waals surface area contributed by atoms with E-state index in [0.29, 0.717) is 17.0 Å². The third-order valence-electron chi connectivity index (χ3n) is 3.96. The number of para-hydroxylation sites is 2. The first-order chi connectivity index (χ1) is 13.4. The Kier molecular flexibility index (Phi) is 4.79. The molecule has 0 spiro atoms. The molecule has 28 heavy (non-hydrogen) atoms. The van der Waals surface area contributed by atoms with E-state index in [-0.39, 0.29) is 16.8 Å². The van der Waals surface area contributed by atoms with Crippen LogP contribution in [-0.4, -0.2) is 42.5 Å². The van der Waals surface area contributed by atoms with Gasteiger partial charge in [0.05, 0.1) is 33.9 Å². The normalized spacial score (nSPS) is 13.8. The minimum Gasteiger partial charge on any atom is -0.324 e. The highest BCUT2D eigenvalue weighted by molar-refractivity contribution is 8.00. The molecule has 0 radical (unpaired) electrons. The highest BCUT2D eigenvalue weighted by atomic mass is 32.2. The Balaban J connectivity index is 1.42. The number of thioether (sulfide) groups is 1. The van der Waals surface area contributed by atoms with E-state index >= 15 is 0 Å². The molecule has 1 aliphatic rings. The number of hydrogen-bond acceptors (Lipinski definition) is 6. The molecule has 144 valence electrons. The highest BCUT2D eigenvalue weighted by Crippen LogP contribution is 2.32. The second-order valence-corrected chi connectivity index (χ2v) is 8.75. The third-order valence-corrected chi connectivity index (χ3v) is 6.44. The van der Waals surface area contributed by atoms with Gasteiger partial charge < -0.3 is 10.3 Å². The first-order valence-electron chi connectivity index (χ1n) is 8.22. The average Bonchev–Trinajstić information content (AvgIpc) is 3.08. The summed E-state index contributed by atoms with van der Waals surface area (Å²) >= 11 is 1.34. The van der Waals surface area contributed by atoms with Gasteiger partial charge in [0.25, 0.3) is 0 Å². The number of aromatic amines is 1. The van der Waals surface area contributed by atoms with E-state index in [1.807, 2.05) is 18.2 Å². The van der Waals surface area contributed by atoms with Gasteiger partial charge in [-0.15, -0.1) is 11.8 Å². The molecule has 11 heteroatoms. The summed E-state index contributed by atoms with van der Waals surface area (Å²) in [7, 11) is -3.93. The number of sulfonamides is 1. The van der Waals surface area contributed by atoms with Gasteiger partial charge in [-0.05, 0) is 30.3 Å². The Morgan fingerprint density at radius 1 is 1.21 bits per heavy atom. The summed E-state index contributed by atoms with van der Waals surface area (Å²) in [6, 6.07) is 11.7. The van der Waals surface area contributed by atoms with Crippen LogP contribution in [0.4, 0.5) is 11.6 Å². The third kappa shape index (κ3) is 3.86. The van der Waals surface area contributed by atoms with Crippen LogP contribution < -0.4 is 15.4 Å². The fourth-order valence-electron chi connectivity index (χ4n) is 2.66. The van der Waals surface area contributed by atoms with E-state index in [4.69, 9.17) is 0 Å². The quantitative estimate of drug-likeness (QED) is 0.498. The molecule has 4 N–H and O–H groups in total. The number of H-pyrrole nitrogens is 1. The molecule has 0 fully saturated rings. The van der Waals surface area contributed by atoms with Gasteiger partial charge in [-0.1, -0.05) is 12.1 Å². The first kappa shape index (κ1) is 18.5. The lowest BCUT2D eigenvalue weighted by Gasteiger charge is -2.17. The van der Waals surface area contributed by atoms with E-state index in [1.165, 1.54) is 23.9 Å². The summed E-state index contributed by atoms with van der Waals surface area (Å²) in [6.45, 7) is -0.461. The fourth-order valence-corrected chi connectivity index (χ4v) is 4.46. The van der Waals surface area contributed by atoms with Gasteiger partial charge in [0, 0.05) is 4.90 Å². The number of aromatic nitrogens is 2. The molecular weight excluding hydrogens is 402 g/mol. The molecule has 0 saturated heterocycles. The number of imidazole rings is 1. The van der Waals surface area contributed by atoms with Crippen LogP contribution in [0.3, 0.4) is 0 Å². The summed E-state index contributed by atoms with van der Waals surface area (Å²) in [4.78, 5) is 31.5. The first-order valence-corrected chi connectivity index (χ1v) is 10.7. The van der Waals surface area contributed by atoms with Crippen molar-refractivity contribution in [2.45, 2.75) is 9.79 Å². The molecule has 4 rings (SSSR count). The van der Waals surface area contributed by atoms with E-state index in [0.717, 1.165) is 10.4 Å². The van der Waals surface area contributed by atoms with E-state index in [2.05, 4.69) is 25.3 Å². The van der Waals surface area contributed by atoms with E-state index < -0.39 is 22.5 Å². The number of hydrogen-bond donors (Lipinski definition) is 4. The van der Waals surface area contributed by atoms with Gasteiger partial charge in [-0.2, -0.15) is 0 Å². The molecule has 1 aromatic heterocycles. The van der Waals surface area contributed by atoms with Crippen LogP contribution in [0.15, 0.2) is 52.3 Å². The topological polar surface area (TPSA) is 133 Å². The maximum Gasteiger partial charge on any atom is 0.241 e. The summed E-state index contributed by atoms with van der Waals surface area (Å²) in [5.41, 5.74) is 1.88. The van der Waals surface area contributed by atoms with Gasteiger partial charge in [-0.25, -0.2) is 18.1 Å². The van der Waals surface area contributed by atoms with Gasteiger partial charge in [-0.3, -0.25) is 14.9 Å². The number of carbonyl (C=O) groups is 2.